The first-order valence-corrected chi connectivity index (χ1v) is 7.07. The maximum Gasteiger partial charge on any atom is 0.222 e. The number of carbonyl (C=O) groups is 1. The molecule has 0 aliphatic rings. The van der Waals surface area contributed by atoms with Gasteiger partial charge in [-0.15, -0.1) is 0 Å². The Morgan fingerprint density at radius 1 is 1.22 bits per heavy atom. The lowest BCUT2D eigenvalue weighted by Crippen LogP contribution is -2.09. The van der Waals surface area contributed by atoms with Gasteiger partial charge in [0.05, 0.1) is 24.9 Å². The minimum absolute atomic E-state index is 0.0677. The third-order valence-corrected chi connectivity index (χ3v) is 4.18. The van der Waals surface area contributed by atoms with Crippen LogP contribution in [-0.4, -0.2) is 33.6 Å². The normalized spacial score (nSPS) is 11.1. The highest BCUT2D eigenvalue weighted by molar-refractivity contribution is 7.91. The van der Waals surface area contributed by atoms with Crippen LogP contribution in [0.2, 0.25) is 0 Å². The predicted molar refractivity (Wildman–Crippen MR) is 67.1 cm³/mol. The molecule has 0 aliphatic carbocycles. The molecule has 0 aliphatic heterocycles. The molecule has 100 valence electrons. The molecule has 0 amide bonds. The second kappa shape index (κ2) is 6.06. The summed E-state index contributed by atoms with van der Waals surface area (Å²) in [6, 6.07) is 4.25. The number of sulfone groups is 1. The molecule has 0 atom stereocenters. The van der Waals surface area contributed by atoms with Crippen LogP contribution < -0.4 is 9.47 Å². The highest BCUT2D eigenvalue weighted by Gasteiger charge is 2.18. The van der Waals surface area contributed by atoms with E-state index in [1.165, 1.54) is 32.4 Å². The van der Waals surface area contributed by atoms with Crippen LogP contribution in [0.4, 0.5) is 0 Å². The average molecular weight is 293 g/mol. The Kier molecular flexibility index (Phi) is 4.98. The van der Waals surface area contributed by atoms with Crippen LogP contribution in [0.15, 0.2) is 23.1 Å². The third-order valence-electron chi connectivity index (χ3n) is 2.28. The van der Waals surface area contributed by atoms with E-state index >= 15 is 0 Å². The van der Waals surface area contributed by atoms with E-state index in [9.17, 15) is 13.2 Å². The van der Waals surface area contributed by atoms with E-state index < -0.39 is 15.1 Å². The standard InChI is InChI=1S/C11H13ClO5S/c1-16-9-4-3-8(7-10(9)17-2)18(14,15)6-5-11(12)13/h3-4,7H,5-6H2,1-2H3. The lowest BCUT2D eigenvalue weighted by Gasteiger charge is -2.09. The van der Waals surface area contributed by atoms with Gasteiger partial charge in [-0.3, -0.25) is 4.79 Å². The summed E-state index contributed by atoms with van der Waals surface area (Å²) >= 11 is 5.13. The van der Waals surface area contributed by atoms with Gasteiger partial charge in [-0.05, 0) is 23.7 Å². The van der Waals surface area contributed by atoms with Gasteiger partial charge in [0.1, 0.15) is 0 Å². The second-order valence-electron chi connectivity index (χ2n) is 3.44. The molecule has 18 heavy (non-hydrogen) atoms. The van der Waals surface area contributed by atoms with Crippen molar-refractivity contribution in [3.05, 3.63) is 18.2 Å². The zero-order chi connectivity index (χ0) is 13.8. The van der Waals surface area contributed by atoms with Crippen molar-refractivity contribution in [2.24, 2.45) is 0 Å². The maximum atomic E-state index is 11.9. The Labute approximate surface area is 111 Å². The summed E-state index contributed by atoms with van der Waals surface area (Å²) in [5, 5.41) is -0.681. The largest absolute Gasteiger partial charge is 0.493 e. The Bertz CT molecular complexity index is 538. The lowest BCUT2D eigenvalue weighted by atomic mass is 10.3. The summed E-state index contributed by atoms with van der Waals surface area (Å²) < 4.78 is 33.8. The van der Waals surface area contributed by atoms with Crippen molar-refractivity contribution in [3.63, 3.8) is 0 Å². The van der Waals surface area contributed by atoms with Crippen molar-refractivity contribution >= 4 is 26.7 Å². The first-order chi connectivity index (χ1) is 8.40. The third kappa shape index (κ3) is 3.61. The quantitative estimate of drug-likeness (QED) is 0.745. The molecule has 0 unspecified atom stereocenters. The van der Waals surface area contributed by atoms with Gasteiger partial charge in [0.2, 0.25) is 5.24 Å². The van der Waals surface area contributed by atoms with Gasteiger partial charge in [0.15, 0.2) is 21.3 Å². The average Bonchev–Trinajstić information content (AvgIpc) is 2.35. The first kappa shape index (κ1) is 14.8. The molecule has 5 nitrogen and oxygen atoms in total. The van der Waals surface area contributed by atoms with Gasteiger partial charge in [-0.1, -0.05) is 0 Å². The van der Waals surface area contributed by atoms with Crippen LogP contribution in [0, 0.1) is 0 Å². The van der Waals surface area contributed by atoms with Gasteiger partial charge in [0, 0.05) is 12.5 Å². The molecule has 0 bridgehead atoms. The van der Waals surface area contributed by atoms with Gasteiger partial charge < -0.3 is 9.47 Å². The fraction of sp³-hybridized carbons (Fsp3) is 0.364. The smallest absolute Gasteiger partial charge is 0.222 e. The number of methoxy groups -OCH3 is 2. The Hall–Kier alpha value is -1.27. The van der Waals surface area contributed by atoms with Crippen molar-refractivity contribution in [3.8, 4) is 11.5 Å². The highest BCUT2D eigenvalue weighted by Crippen LogP contribution is 2.29. The monoisotopic (exact) mass is 292 g/mol. The van der Waals surface area contributed by atoms with E-state index in [1.807, 2.05) is 0 Å². The van der Waals surface area contributed by atoms with E-state index in [4.69, 9.17) is 21.1 Å². The van der Waals surface area contributed by atoms with Crippen LogP contribution in [0.3, 0.4) is 0 Å². The number of carbonyl (C=O) groups excluding carboxylic acids is 1. The first-order valence-electron chi connectivity index (χ1n) is 5.04. The van der Waals surface area contributed by atoms with Crippen molar-refractivity contribution < 1.29 is 22.7 Å². The number of halogens is 1. The van der Waals surface area contributed by atoms with Crippen LogP contribution >= 0.6 is 11.6 Å². The molecule has 0 heterocycles. The van der Waals surface area contributed by atoms with Gasteiger partial charge in [-0.25, -0.2) is 8.42 Å². The van der Waals surface area contributed by atoms with Gasteiger partial charge in [-0.2, -0.15) is 0 Å². The SMILES string of the molecule is COc1ccc(S(=O)(=O)CCC(=O)Cl)cc1OC. The molecule has 0 N–H and O–H groups in total. The van der Waals surface area contributed by atoms with E-state index in [0.29, 0.717) is 11.5 Å². The molecular formula is C11H13ClO5S. The number of benzene rings is 1. The number of rotatable bonds is 6. The molecule has 0 saturated heterocycles. The lowest BCUT2D eigenvalue weighted by molar-refractivity contribution is -0.111. The molecule has 1 aromatic rings. The Morgan fingerprint density at radius 3 is 2.33 bits per heavy atom. The number of hydrogen-bond donors (Lipinski definition) is 0. The molecule has 1 rings (SSSR count). The molecule has 7 heteroatoms. The minimum Gasteiger partial charge on any atom is -0.493 e. The van der Waals surface area contributed by atoms with E-state index in [0.717, 1.165) is 0 Å². The van der Waals surface area contributed by atoms with E-state index in [-0.39, 0.29) is 17.1 Å². The Morgan fingerprint density at radius 2 is 1.83 bits per heavy atom. The van der Waals surface area contributed by atoms with Gasteiger partial charge in [0.25, 0.3) is 0 Å². The van der Waals surface area contributed by atoms with Crippen molar-refractivity contribution in [2.75, 3.05) is 20.0 Å². The van der Waals surface area contributed by atoms with Crippen molar-refractivity contribution in [1.82, 2.24) is 0 Å². The molecule has 0 saturated carbocycles. The summed E-state index contributed by atoms with van der Waals surface area (Å²) in [6.07, 6.45) is -0.224. The van der Waals surface area contributed by atoms with Crippen molar-refractivity contribution in [2.45, 2.75) is 11.3 Å². The summed E-state index contributed by atoms with van der Waals surface area (Å²) in [7, 11) is -0.684. The zero-order valence-corrected chi connectivity index (χ0v) is 11.5. The molecule has 0 aromatic heterocycles. The zero-order valence-electron chi connectivity index (χ0n) is 9.97. The molecular weight excluding hydrogens is 280 g/mol. The fourth-order valence-corrected chi connectivity index (χ4v) is 2.80. The predicted octanol–water partition coefficient (Wildman–Crippen LogP) is 1.63. The second-order valence-corrected chi connectivity index (χ2v) is 5.97. The summed E-state index contributed by atoms with van der Waals surface area (Å²) in [6.45, 7) is 0. The highest BCUT2D eigenvalue weighted by atomic mass is 35.5. The van der Waals surface area contributed by atoms with Crippen LogP contribution in [-0.2, 0) is 14.6 Å². The van der Waals surface area contributed by atoms with Crippen molar-refractivity contribution in [1.29, 1.82) is 0 Å². The molecule has 0 spiro atoms. The minimum atomic E-state index is -3.55. The Balaban J connectivity index is 3.06. The fourth-order valence-electron chi connectivity index (χ4n) is 1.34. The summed E-state index contributed by atoms with van der Waals surface area (Å²) in [4.78, 5) is 10.7. The number of ether oxygens (including phenoxy) is 2. The molecule has 0 radical (unpaired) electrons. The van der Waals surface area contributed by atoms with E-state index in [2.05, 4.69) is 0 Å². The maximum absolute atomic E-state index is 11.9. The van der Waals surface area contributed by atoms with E-state index in [1.54, 1.807) is 0 Å². The number of hydrogen-bond acceptors (Lipinski definition) is 5. The van der Waals surface area contributed by atoms with Gasteiger partial charge >= 0.3 is 0 Å². The summed E-state index contributed by atoms with van der Waals surface area (Å²) in [5.41, 5.74) is 0. The van der Waals surface area contributed by atoms with Crippen LogP contribution in [0.5, 0.6) is 11.5 Å². The van der Waals surface area contributed by atoms with Crippen LogP contribution in [0.1, 0.15) is 6.42 Å². The topological polar surface area (TPSA) is 69.7 Å². The molecule has 0 fully saturated rings. The summed E-state index contributed by atoms with van der Waals surface area (Å²) in [5.74, 6) is 0.422. The molecule has 1 aromatic carbocycles. The van der Waals surface area contributed by atoms with Crippen LogP contribution in [0.25, 0.3) is 0 Å².